The van der Waals surface area contributed by atoms with Gasteiger partial charge in [-0.1, -0.05) is 36.4 Å². The maximum absolute atomic E-state index is 13.5. The van der Waals surface area contributed by atoms with E-state index in [1.807, 2.05) is 30.3 Å². The zero-order chi connectivity index (χ0) is 25.9. The highest BCUT2D eigenvalue weighted by atomic mass is 32.1. The third-order valence-corrected chi connectivity index (χ3v) is 6.12. The van der Waals surface area contributed by atoms with Gasteiger partial charge in [0.2, 0.25) is 5.91 Å². The second-order valence-corrected chi connectivity index (χ2v) is 8.48. The lowest BCUT2D eigenvalue weighted by atomic mass is 10.1. The molecule has 1 saturated heterocycles. The van der Waals surface area contributed by atoms with Crippen molar-refractivity contribution in [3.05, 3.63) is 90.0 Å². The molecule has 2 amide bonds. The van der Waals surface area contributed by atoms with E-state index in [0.29, 0.717) is 11.4 Å². The van der Waals surface area contributed by atoms with E-state index >= 15 is 0 Å². The minimum atomic E-state index is -4.58. The number of amides is 2. The summed E-state index contributed by atoms with van der Waals surface area (Å²) in [4.78, 5) is 29.0. The first-order valence-corrected chi connectivity index (χ1v) is 11.4. The van der Waals surface area contributed by atoms with Crippen molar-refractivity contribution < 1.29 is 27.5 Å². The van der Waals surface area contributed by atoms with Crippen molar-refractivity contribution in [2.75, 3.05) is 17.3 Å². The molecule has 4 rings (SSSR count). The third-order valence-electron chi connectivity index (χ3n) is 5.70. The standard InChI is InChI=1S/C26H22F3N3O3S/c1-35-21-12-10-19(11-13-21)30-23(33)15-22-24(34)32(20-9-5-8-18(14-20)26(27,28)29)25(36)31(22)16-17-6-3-2-4-7-17/h2-14,22H,15-16H2,1H3,(H,30,33). The lowest BCUT2D eigenvalue weighted by Crippen LogP contribution is -2.37. The summed E-state index contributed by atoms with van der Waals surface area (Å²) in [5.74, 6) is -0.388. The summed E-state index contributed by atoms with van der Waals surface area (Å²) in [7, 11) is 1.53. The quantitative estimate of drug-likeness (QED) is 0.438. The van der Waals surface area contributed by atoms with Gasteiger partial charge in [0.05, 0.1) is 24.8 Å². The molecule has 1 atom stereocenters. The molecule has 0 bridgehead atoms. The van der Waals surface area contributed by atoms with Crippen LogP contribution in [0.1, 0.15) is 17.5 Å². The van der Waals surface area contributed by atoms with E-state index in [0.717, 1.165) is 22.6 Å². The Morgan fingerprint density at radius 2 is 1.72 bits per heavy atom. The van der Waals surface area contributed by atoms with E-state index in [4.69, 9.17) is 17.0 Å². The summed E-state index contributed by atoms with van der Waals surface area (Å²) in [6, 6.07) is 19.3. The Hall–Kier alpha value is -3.92. The number of benzene rings is 3. The maximum Gasteiger partial charge on any atom is 0.416 e. The molecule has 0 aromatic heterocycles. The van der Waals surface area contributed by atoms with E-state index < -0.39 is 29.6 Å². The van der Waals surface area contributed by atoms with Crippen LogP contribution in [0.4, 0.5) is 24.5 Å². The minimum absolute atomic E-state index is 0.00375. The first-order valence-electron chi connectivity index (χ1n) is 11.0. The number of hydrogen-bond donors (Lipinski definition) is 1. The molecule has 10 heteroatoms. The highest BCUT2D eigenvalue weighted by Crippen LogP contribution is 2.34. The lowest BCUT2D eigenvalue weighted by molar-refractivity contribution is -0.137. The summed E-state index contributed by atoms with van der Waals surface area (Å²) in [6.07, 6.45) is -4.82. The molecule has 1 heterocycles. The van der Waals surface area contributed by atoms with Gasteiger partial charge in [0.15, 0.2) is 5.11 Å². The molecule has 1 fully saturated rings. The van der Waals surface area contributed by atoms with Gasteiger partial charge in [-0.2, -0.15) is 13.2 Å². The van der Waals surface area contributed by atoms with E-state index in [-0.39, 0.29) is 23.8 Å². The van der Waals surface area contributed by atoms with Crippen molar-refractivity contribution in [1.29, 1.82) is 0 Å². The van der Waals surface area contributed by atoms with Crippen LogP contribution in [0, 0.1) is 0 Å². The molecule has 3 aromatic carbocycles. The lowest BCUT2D eigenvalue weighted by Gasteiger charge is -2.24. The van der Waals surface area contributed by atoms with E-state index in [1.165, 1.54) is 19.2 Å². The number of rotatable bonds is 7. The monoisotopic (exact) mass is 513 g/mol. The number of hydrogen-bond acceptors (Lipinski definition) is 4. The normalized spacial score (nSPS) is 15.8. The molecular weight excluding hydrogens is 491 g/mol. The Bertz CT molecular complexity index is 1270. The van der Waals surface area contributed by atoms with E-state index in [1.54, 1.807) is 29.2 Å². The fourth-order valence-electron chi connectivity index (χ4n) is 3.91. The number of alkyl halides is 3. The molecule has 1 N–H and O–H groups in total. The van der Waals surface area contributed by atoms with Gasteiger partial charge in [-0.05, 0) is 60.2 Å². The van der Waals surface area contributed by atoms with Gasteiger partial charge < -0.3 is 15.0 Å². The third kappa shape index (κ3) is 5.49. The second-order valence-electron chi connectivity index (χ2n) is 8.11. The summed E-state index contributed by atoms with van der Waals surface area (Å²) in [5, 5.41) is 2.77. The highest BCUT2D eigenvalue weighted by Gasteiger charge is 2.44. The van der Waals surface area contributed by atoms with Crippen LogP contribution in [0.25, 0.3) is 0 Å². The molecular formula is C26H22F3N3O3S. The second kappa shape index (κ2) is 10.4. The predicted octanol–water partition coefficient (Wildman–Crippen LogP) is 5.25. The van der Waals surface area contributed by atoms with E-state index in [9.17, 15) is 22.8 Å². The molecule has 6 nitrogen and oxygen atoms in total. The van der Waals surface area contributed by atoms with Crippen molar-refractivity contribution in [3.8, 4) is 5.75 Å². The fraction of sp³-hybridized carbons (Fsp3) is 0.192. The van der Waals surface area contributed by atoms with Crippen LogP contribution < -0.4 is 15.0 Å². The number of carbonyl (C=O) groups is 2. The average Bonchev–Trinajstić information content (AvgIpc) is 3.08. The number of thiocarbonyl (C=S) groups is 1. The van der Waals surface area contributed by atoms with Gasteiger partial charge in [-0.15, -0.1) is 0 Å². The van der Waals surface area contributed by atoms with Gasteiger partial charge in [0.1, 0.15) is 11.8 Å². The topological polar surface area (TPSA) is 61.9 Å². The molecule has 36 heavy (non-hydrogen) atoms. The van der Waals surface area contributed by atoms with Crippen LogP contribution in [0.2, 0.25) is 0 Å². The van der Waals surface area contributed by atoms with Crippen LogP contribution in [0.3, 0.4) is 0 Å². The summed E-state index contributed by atoms with van der Waals surface area (Å²) >= 11 is 5.55. The molecule has 0 spiro atoms. The number of ether oxygens (including phenoxy) is 1. The zero-order valence-electron chi connectivity index (χ0n) is 19.2. The van der Waals surface area contributed by atoms with Gasteiger partial charge in [-0.25, -0.2) is 0 Å². The van der Waals surface area contributed by atoms with Gasteiger partial charge >= 0.3 is 6.18 Å². The van der Waals surface area contributed by atoms with Crippen molar-refractivity contribution in [3.63, 3.8) is 0 Å². The van der Waals surface area contributed by atoms with Crippen LogP contribution in [-0.2, 0) is 22.3 Å². The molecule has 0 saturated carbocycles. The van der Waals surface area contributed by atoms with Crippen molar-refractivity contribution in [2.45, 2.75) is 25.2 Å². The fourth-order valence-corrected chi connectivity index (χ4v) is 4.30. The summed E-state index contributed by atoms with van der Waals surface area (Å²) in [5.41, 5.74) is 0.444. The molecule has 1 aliphatic rings. The van der Waals surface area contributed by atoms with Crippen molar-refractivity contribution in [1.82, 2.24) is 4.90 Å². The number of halogens is 3. The molecule has 186 valence electrons. The van der Waals surface area contributed by atoms with Crippen LogP contribution in [-0.4, -0.2) is 35.0 Å². The number of nitrogens with zero attached hydrogens (tertiary/aromatic N) is 2. The molecule has 3 aromatic rings. The first-order chi connectivity index (χ1) is 17.2. The number of methoxy groups -OCH3 is 1. The average molecular weight is 514 g/mol. The van der Waals surface area contributed by atoms with Crippen LogP contribution in [0.5, 0.6) is 5.75 Å². The smallest absolute Gasteiger partial charge is 0.416 e. The van der Waals surface area contributed by atoms with Gasteiger partial charge in [-0.3, -0.25) is 14.5 Å². The Labute approximate surface area is 211 Å². The highest BCUT2D eigenvalue weighted by molar-refractivity contribution is 7.80. The van der Waals surface area contributed by atoms with Gasteiger partial charge in [0.25, 0.3) is 5.91 Å². The molecule has 0 aliphatic carbocycles. The predicted molar refractivity (Wildman–Crippen MR) is 134 cm³/mol. The largest absolute Gasteiger partial charge is 0.497 e. The number of carbonyl (C=O) groups excluding carboxylic acids is 2. The maximum atomic E-state index is 13.5. The number of anilines is 2. The Morgan fingerprint density at radius 3 is 2.36 bits per heavy atom. The molecule has 0 radical (unpaired) electrons. The zero-order valence-corrected chi connectivity index (χ0v) is 20.0. The SMILES string of the molecule is COc1ccc(NC(=O)CC2C(=O)N(c3cccc(C(F)(F)F)c3)C(=S)N2Cc2ccccc2)cc1. The van der Waals surface area contributed by atoms with Gasteiger partial charge in [0, 0.05) is 12.2 Å². The minimum Gasteiger partial charge on any atom is -0.497 e. The van der Waals surface area contributed by atoms with Crippen LogP contribution in [0.15, 0.2) is 78.9 Å². The molecule has 1 aliphatic heterocycles. The van der Waals surface area contributed by atoms with Crippen molar-refractivity contribution in [2.24, 2.45) is 0 Å². The summed E-state index contributed by atoms with van der Waals surface area (Å²) in [6.45, 7) is 0.210. The van der Waals surface area contributed by atoms with Crippen molar-refractivity contribution >= 4 is 40.5 Å². The number of nitrogens with one attached hydrogen (secondary N) is 1. The van der Waals surface area contributed by atoms with Crippen LogP contribution >= 0.6 is 12.2 Å². The molecule has 1 unspecified atom stereocenters. The summed E-state index contributed by atoms with van der Waals surface area (Å²) < 4.78 is 45.0. The Kier molecular flexibility index (Phi) is 7.25. The Balaban J connectivity index is 1.61. The Morgan fingerprint density at radius 1 is 1.03 bits per heavy atom. The van der Waals surface area contributed by atoms with E-state index in [2.05, 4.69) is 5.32 Å². The first kappa shape index (κ1) is 25.2.